The van der Waals surface area contributed by atoms with Crippen molar-refractivity contribution in [3.8, 4) is 0 Å². The number of aryl methyl sites for hydroxylation is 1. The van der Waals surface area contributed by atoms with E-state index in [-0.39, 0.29) is 28.0 Å². The molecular weight excluding hydrogens is 733 g/mol. The van der Waals surface area contributed by atoms with Crippen LogP contribution in [-0.2, 0) is 51.3 Å². The van der Waals surface area contributed by atoms with Gasteiger partial charge in [0.1, 0.15) is 41.7 Å². The van der Waals surface area contributed by atoms with Crippen molar-refractivity contribution in [1.29, 1.82) is 0 Å². The summed E-state index contributed by atoms with van der Waals surface area (Å²) in [5.41, 5.74) is 13.0. The summed E-state index contributed by atoms with van der Waals surface area (Å²) in [4.78, 5) is 22.8. The van der Waals surface area contributed by atoms with Crippen LogP contribution in [0.3, 0.4) is 0 Å². The number of aliphatic carboxylic acids is 1. The number of carboxylic acid groups (broad SMARTS) is 1. The van der Waals surface area contributed by atoms with E-state index in [9.17, 15) is 28.5 Å². The standard InChI is InChI=1S/C15H22N6O5S.C7H8O3S.2H2O4S/c1-27(3-2-7(16)15(24)25)4-8-10(22)11(23)14(26-8)21-6-20-9-12(17)18-5-19-13(9)21;1-6-2-4-7(5-3-6)11(8,9)10;2*1-5(2,3)4/h5-8,10-11,14,22-23H,2-4,16H2,1H3,(H2-,17,18,19,24,25);2-5H,1H3,(H,8,9,10);2*(H2,1,2,3,4)/t7-,8-,10-,11-,14-,27?;;;/m1.../s1. The summed E-state index contributed by atoms with van der Waals surface area (Å²) in [6, 6.07) is 4.97. The lowest BCUT2D eigenvalue weighted by atomic mass is 10.1. The molecule has 1 aliphatic heterocycles. The van der Waals surface area contributed by atoms with Gasteiger partial charge in [0, 0.05) is 12.5 Å². The molecule has 2 aromatic heterocycles. The van der Waals surface area contributed by atoms with Crippen LogP contribution in [-0.4, -0.2) is 126 Å². The SMILES string of the molecule is C[S+](CC[C@@H](N)C(=O)[O-])C[C@H]1O[C@@H](n2cnc3c(N)ncnc32)[C@H](O)[C@@H]1O.Cc1ccc(S(=O)(=O)O)cc1.O=S(=O)(O)O.O=S(=O)(O)O. The van der Waals surface area contributed by atoms with Gasteiger partial charge in [-0.05, 0) is 30.0 Å². The van der Waals surface area contributed by atoms with Gasteiger partial charge < -0.3 is 36.3 Å². The lowest BCUT2D eigenvalue weighted by molar-refractivity contribution is -0.307. The van der Waals surface area contributed by atoms with E-state index < -0.39 is 67.5 Å². The van der Waals surface area contributed by atoms with Gasteiger partial charge in [0.25, 0.3) is 10.1 Å². The second-order valence-electron chi connectivity index (χ2n) is 9.68. The first-order valence-electron chi connectivity index (χ1n) is 12.7. The molecule has 0 radical (unpaired) electrons. The number of carboxylic acids is 1. The number of rotatable bonds is 8. The number of aliphatic hydroxyl groups excluding tert-OH is 2. The second-order valence-corrected chi connectivity index (χ2v) is 15.2. The van der Waals surface area contributed by atoms with Crippen molar-refractivity contribution in [2.24, 2.45) is 5.73 Å². The third kappa shape index (κ3) is 15.9. The first kappa shape index (κ1) is 42.9. The maximum atomic E-state index is 10.7. The van der Waals surface area contributed by atoms with Gasteiger partial charge in [0.05, 0.1) is 23.4 Å². The quantitative estimate of drug-likeness (QED) is 0.0800. The van der Waals surface area contributed by atoms with Gasteiger partial charge in [-0.2, -0.15) is 25.3 Å². The molecule has 1 aromatic carbocycles. The number of hydrogen-bond donors (Lipinski definition) is 9. The smallest absolute Gasteiger partial charge is 0.394 e. The van der Waals surface area contributed by atoms with E-state index in [1.165, 1.54) is 29.4 Å². The lowest BCUT2D eigenvalue weighted by Crippen LogP contribution is -2.43. The summed E-state index contributed by atoms with van der Waals surface area (Å²) < 4.78 is 100. The zero-order valence-electron chi connectivity index (χ0n) is 24.9. The normalized spacial score (nSPS) is 20.6. The molecule has 1 fully saturated rings. The van der Waals surface area contributed by atoms with Crippen LogP contribution in [0.2, 0.25) is 0 Å². The Hall–Kier alpha value is -3.12. The predicted molar refractivity (Wildman–Crippen MR) is 166 cm³/mol. The number of nitrogen functional groups attached to an aromatic ring is 1. The molecule has 0 aliphatic carbocycles. The van der Waals surface area contributed by atoms with Crippen molar-refractivity contribution in [2.75, 3.05) is 23.5 Å². The summed E-state index contributed by atoms with van der Waals surface area (Å²) in [7, 11) is -13.6. The van der Waals surface area contributed by atoms with Crippen LogP contribution in [0.5, 0.6) is 0 Å². The first-order valence-corrected chi connectivity index (χ1v) is 18.9. The fourth-order valence-electron chi connectivity index (χ4n) is 3.67. The average molecular weight is 767 g/mol. The number of nitrogens with zero attached hydrogens (tertiary/aromatic N) is 4. The molecule has 0 saturated carbocycles. The predicted octanol–water partition coefficient (Wildman–Crippen LogP) is -3.32. The minimum Gasteiger partial charge on any atom is -0.548 e. The van der Waals surface area contributed by atoms with Gasteiger partial charge in [-0.1, -0.05) is 17.7 Å². The first-order chi connectivity index (χ1) is 21.8. The number of nitrogens with two attached hydrogens (primary N) is 2. The van der Waals surface area contributed by atoms with Crippen molar-refractivity contribution in [1.82, 2.24) is 19.5 Å². The fourth-order valence-corrected chi connectivity index (χ4v) is 5.81. The number of ether oxygens (including phenoxy) is 1. The highest BCUT2D eigenvalue weighted by molar-refractivity contribution is 7.96. The van der Waals surface area contributed by atoms with Crippen LogP contribution < -0.4 is 16.6 Å². The summed E-state index contributed by atoms with van der Waals surface area (Å²) in [5.74, 6) is -0.0611. The number of anilines is 1. The van der Waals surface area contributed by atoms with E-state index >= 15 is 0 Å². The van der Waals surface area contributed by atoms with E-state index in [4.69, 9.17) is 55.8 Å². The minimum atomic E-state index is -4.67. The Balaban J connectivity index is 0.000000447. The van der Waals surface area contributed by atoms with E-state index in [0.29, 0.717) is 22.7 Å². The summed E-state index contributed by atoms with van der Waals surface area (Å²) >= 11 is 0. The maximum Gasteiger partial charge on any atom is 0.394 e. The molecule has 3 heterocycles. The molecule has 22 nitrogen and oxygen atoms in total. The fraction of sp³-hybridized carbons (Fsp3) is 0.455. The Bertz CT molecular complexity index is 1780. The van der Waals surface area contributed by atoms with Crippen molar-refractivity contribution in [3.05, 3.63) is 42.5 Å². The third-order valence-corrected chi connectivity index (χ3v) is 8.54. The largest absolute Gasteiger partial charge is 0.548 e. The highest BCUT2D eigenvalue weighted by Gasteiger charge is 2.46. The number of aliphatic hydroxyl groups is 2. The van der Waals surface area contributed by atoms with Crippen LogP contribution >= 0.6 is 0 Å². The Kier molecular flexibility index (Phi) is 16.1. The second kappa shape index (κ2) is 18.0. The Morgan fingerprint density at radius 1 is 0.979 bits per heavy atom. The number of aromatic nitrogens is 4. The number of benzene rings is 1. The molecule has 3 aromatic rings. The number of carbonyl (C=O) groups excluding carboxylic acids is 1. The van der Waals surface area contributed by atoms with Crippen LogP contribution in [0.1, 0.15) is 18.2 Å². The molecular formula is C22H34N6O16S4. The molecule has 26 heteroatoms. The summed E-state index contributed by atoms with van der Waals surface area (Å²) in [6.07, 6.45) is 1.17. The Morgan fingerprint density at radius 3 is 1.98 bits per heavy atom. The van der Waals surface area contributed by atoms with Gasteiger partial charge in [0.15, 0.2) is 17.7 Å². The van der Waals surface area contributed by atoms with E-state index in [2.05, 4.69) is 15.0 Å². The van der Waals surface area contributed by atoms with Crippen LogP contribution in [0.4, 0.5) is 5.82 Å². The Labute approximate surface area is 277 Å². The molecule has 48 heavy (non-hydrogen) atoms. The number of carbonyl (C=O) groups is 1. The molecule has 0 spiro atoms. The van der Waals surface area contributed by atoms with E-state index in [1.807, 2.05) is 13.2 Å². The van der Waals surface area contributed by atoms with Crippen molar-refractivity contribution in [2.45, 2.75) is 48.8 Å². The van der Waals surface area contributed by atoms with Gasteiger partial charge in [-0.25, -0.2) is 15.0 Å². The summed E-state index contributed by atoms with van der Waals surface area (Å²) in [5, 5.41) is 31.5. The molecule has 11 N–H and O–H groups in total. The molecule has 272 valence electrons. The van der Waals surface area contributed by atoms with Crippen molar-refractivity contribution < 1.29 is 72.9 Å². The minimum absolute atomic E-state index is 0.0666. The molecule has 0 bridgehead atoms. The zero-order valence-corrected chi connectivity index (χ0v) is 28.1. The van der Waals surface area contributed by atoms with Gasteiger partial charge >= 0.3 is 20.8 Å². The molecule has 4 rings (SSSR count). The van der Waals surface area contributed by atoms with E-state index in [1.54, 1.807) is 12.1 Å². The molecule has 1 aliphatic rings. The monoisotopic (exact) mass is 766 g/mol. The van der Waals surface area contributed by atoms with Crippen LogP contribution in [0, 0.1) is 6.92 Å². The van der Waals surface area contributed by atoms with E-state index in [0.717, 1.165) is 5.56 Å². The third-order valence-electron chi connectivity index (χ3n) is 5.85. The van der Waals surface area contributed by atoms with Crippen LogP contribution in [0.25, 0.3) is 11.2 Å². The molecule has 1 saturated heterocycles. The Morgan fingerprint density at radius 2 is 1.50 bits per heavy atom. The highest BCUT2D eigenvalue weighted by Crippen LogP contribution is 2.32. The highest BCUT2D eigenvalue weighted by atomic mass is 32.3. The summed E-state index contributed by atoms with van der Waals surface area (Å²) in [6.45, 7) is 1.84. The molecule has 6 atom stereocenters. The number of fused-ring (bicyclic) bond motifs is 1. The van der Waals surface area contributed by atoms with Crippen LogP contribution in [0.15, 0.2) is 41.8 Å². The number of hydrogen-bond acceptors (Lipinski definition) is 16. The van der Waals surface area contributed by atoms with Gasteiger partial charge in [0.2, 0.25) is 0 Å². The van der Waals surface area contributed by atoms with Crippen molar-refractivity contribution >= 4 is 64.8 Å². The zero-order chi connectivity index (χ0) is 37.2. The van der Waals surface area contributed by atoms with Gasteiger partial charge in [-0.15, -0.1) is 0 Å². The molecule has 0 amide bonds. The van der Waals surface area contributed by atoms with Gasteiger partial charge in [-0.3, -0.25) is 27.3 Å². The average Bonchev–Trinajstić information content (AvgIpc) is 3.47. The topological polar surface area (TPSA) is 389 Å². The maximum absolute atomic E-state index is 10.7. The lowest BCUT2D eigenvalue weighted by Gasteiger charge is -2.16. The molecule has 1 unspecified atom stereocenters. The number of imidazole rings is 1. The van der Waals surface area contributed by atoms with Crippen molar-refractivity contribution in [3.63, 3.8) is 0 Å².